The summed E-state index contributed by atoms with van der Waals surface area (Å²) in [5.74, 6) is -0.654. The van der Waals surface area contributed by atoms with Gasteiger partial charge in [-0.05, 0) is 24.3 Å². The van der Waals surface area contributed by atoms with E-state index in [9.17, 15) is 18.0 Å². The Morgan fingerprint density at radius 3 is 2.79 bits per heavy atom. The van der Waals surface area contributed by atoms with Gasteiger partial charge < -0.3 is 10.1 Å². The summed E-state index contributed by atoms with van der Waals surface area (Å²) in [6, 6.07) is 11.0. The molecule has 0 unspecified atom stereocenters. The number of rotatable bonds is 5. The Hall–Kier alpha value is -3.08. The van der Waals surface area contributed by atoms with Crippen LogP contribution in [0.25, 0.3) is 0 Å². The summed E-state index contributed by atoms with van der Waals surface area (Å²) in [5, 5.41) is 11.4. The molecule has 1 N–H and O–H groups in total. The highest BCUT2D eigenvalue weighted by Crippen LogP contribution is 2.20. The van der Waals surface area contributed by atoms with E-state index in [0.29, 0.717) is 11.1 Å². The number of carbonyl (C=O) groups is 1. The molecule has 0 saturated heterocycles. The number of benzene rings is 1. The first-order chi connectivity index (χ1) is 11.4. The summed E-state index contributed by atoms with van der Waals surface area (Å²) in [6.07, 6.45) is -3.18. The van der Waals surface area contributed by atoms with E-state index in [0.717, 1.165) is 0 Å². The fraction of sp³-hybridized carbons (Fsp3) is 0.188. The van der Waals surface area contributed by atoms with Crippen LogP contribution >= 0.6 is 0 Å². The zero-order chi connectivity index (χ0) is 17.6. The van der Waals surface area contributed by atoms with E-state index in [1.807, 2.05) is 6.07 Å². The van der Waals surface area contributed by atoms with E-state index in [2.05, 4.69) is 15.0 Å². The second-order valence-electron chi connectivity index (χ2n) is 4.75. The normalized spacial score (nSPS) is 10.8. The first kappa shape index (κ1) is 17.3. The number of alkyl halides is 3. The van der Waals surface area contributed by atoms with Crippen LogP contribution in [0.5, 0.6) is 5.88 Å². The third kappa shape index (κ3) is 4.98. The standard InChI is InChI=1S/C16H12F3N3O2/c17-16(18,19)10-24-15-13(5-2-6-21-15)9-22-14(23)12-4-1-3-11(7-12)8-20/h1-7H,9-10H2,(H,22,23). The van der Waals surface area contributed by atoms with Crippen molar-refractivity contribution < 1.29 is 22.7 Å². The van der Waals surface area contributed by atoms with Crippen molar-refractivity contribution in [1.82, 2.24) is 10.3 Å². The average molecular weight is 335 g/mol. The monoisotopic (exact) mass is 335 g/mol. The number of nitrogens with zero attached hydrogens (tertiary/aromatic N) is 2. The Balaban J connectivity index is 2.03. The van der Waals surface area contributed by atoms with Gasteiger partial charge in [0.25, 0.3) is 5.91 Å². The van der Waals surface area contributed by atoms with Crippen molar-refractivity contribution in [3.63, 3.8) is 0 Å². The molecule has 1 heterocycles. The van der Waals surface area contributed by atoms with Gasteiger partial charge in [-0.15, -0.1) is 0 Å². The van der Waals surface area contributed by atoms with Gasteiger partial charge in [0.05, 0.1) is 11.6 Å². The SMILES string of the molecule is N#Cc1cccc(C(=O)NCc2cccnc2OCC(F)(F)F)c1. The lowest BCUT2D eigenvalue weighted by atomic mass is 10.1. The van der Waals surface area contributed by atoms with Crippen LogP contribution < -0.4 is 10.1 Å². The number of amides is 1. The van der Waals surface area contributed by atoms with Gasteiger partial charge in [0.2, 0.25) is 5.88 Å². The van der Waals surface area contributed by atoms with Crippen LogP contribution in [0.3, 0.4) is 0 Å². The number of carbonyl (C=O) groups excluding carboxylic acids is 1. The van der Waals surface area contributed by atoms with Crippen molar-refractivity contribution >= 4 is 5.91 Å². The van der Waals surface area contributed by atoms with Gasteiger partial charge >= 0.3 is 6.18 Å². The molecule has 1 amide bonds. The van der Waals surface area contributed by atoms with E-state index in [1.54, 1.807) is 12.1 Å². The van der Waals surface area contributed by atoms with Crippen molar-refractivity contribution in [3.8, 4) is 11.9 Å². The largest absolute Gasteiger partial charge is 0.468 e. The average Bonchev–Trinajstić information content (AvgIpc) is 2.58. The molecule has 0 saturated carbocycles. The summed E-state index contributed by atoms with van der Waals surface area (Å²) < 4.78 is 41.3. The van der Waals surface area contributed by atoms with Crippen molar-refractivity contribution in [3.05, 3.63) is 59.3 Å². The van der Waals surface area contributed by atoms with Gasteiger partial charge in [0, 0.05) is 23.9 Å². The molecule has 1 aromatic heterocycles. The van der Waals surface area contributed by atoms with Crippen molar-refractivity contribution in [2.24, 2.45) is 0 Å². The zero-order valence-corrected chi connectivity index (χ0v) is 12.3. The van der Waals surface area contributed by atoms with Gasteiger partial charge in [-0.2, -0.15) is 18.4 Å². The molecular formula is C16H12F3N3O2. The number of hydrogen-bond donors (Lipinski definition) is 1. The van der Waals surface area contributed by atoms with Crippen molar-refractivity contribution in [2.75, 3.05) is 6.61 Å². The fourth-order valence-corrected chi connectivity index (χ4v) is 1.85. The number of nitrogens with one attached hydrogen (secondary N) is 1. The molecule has 0 bridgehead atoms. The Morgan fingerprint density at radius 1 is 1.29 bits per heavy atom. The summed E-state index contributed by atoms with van der Waals surface area (Å²) in [4.78, 5) is 15.8. The zero-order valence-electron chi connectivity index (χ0n) is 12.3. The lowest BCUT2D eigenvalue weighted by Crippen LogP contribution is -2.24. The number of halogens is 3. The van der Waals surface area contributed by atoms with Crippen LogP contribution in [0.2, 0.25) is 0 Å². The second-order valence-corrected chi connectivity index (χ2v) is 4.75. The number of aromatic nitrogens is 1. The molecule has 0 fully saturated rings. The van der Waals surface area contributed by atoms with E-state index in [4.69, 9.17) is 5.26 Å². The maximum Gasteiger partial charge on any atom is 0.422 e. The summed E-state index contributed by atoms with van der Waals surface area (Å²) in [5.41, 5.74) is 0.917. The van der Waals surface area contributed by atoms with E-state index >= 15 is 0 Å². The Kier molecular flexibility index (Phi) is 5.37. The highest BCUT2D eigenvalue weighted by molar-refractivity contribution is 5.94. The number of pyridine rings is 1. The molecule has 5 nitrogen and oxygen atoms in total. The molecule has 1 aromatic carbocycles. The van der Waals surface area contributed by atoms with Gasteiger partial charge in [-0.25, -0.2) is 4.98 Å². The van der Waals surface area contributed by atoms with Crippen molar-refractivity contribution in [2.45, 2.75) is 12.7 Å². The lowest BCUT2D eigenvalue weighted by molar-refractivity contribution is -0.154. The lowest BCUT2D eigenvalue weighted by Gasteiger charge is -2.12. The second kappa shape index (κ2) is 7.46. The molecule has 0 radical (unpaired) electrons. The molecule has 0 spiro atoms. The Labute approximate surface area is 135 Å². The molecular weight excluding hydrogens is 323 g/mol. The van der Waals surface area contributed by atoms with Crippen molar-refractivity contribution in [1.29, 1.82) is 5.26 Å². The van der Waals surface area contributed by atoms with Gasteiger partial charge in [0.15, 0.2) is 6.61 Å². The van der Waals surface area contributed by atoms with Crippen LogP contribution in [0.4, 0.5) is 13.2 Å². The minimum atomic E-state index is -4.48. The summed E-state index contributed by atoms with van der Waals surface area (Å²) in [6.45, 7) is -1.52. The molecule has 124 valence electrons. The van der Waals surface area contributed by atoms with Gasteiger partial charge in [0.1, 0.15) is 0 Å². The first-order valence-corrected chi connectivity index (χ1v) is 6.81. The number of ether oxygens (including phenoxy) is 1. The molecule has 8 heteroatoms. The minimum Gasteiger partial charge on any atom is -0.468 e. The summed E-state index contributed by atoms with van der Waals surface area (Å²) >= 11 is 0. The number of hydrogen-bond acceptors (Lipinski definition) is 4. The van der Waals surface area contributed by atoms with Crippen LogP contribution in [0.15, 0.2) is 42.6 Å². The fourth-order valence-electron chi connectivity index (χ4n) is 1.85. The first-order valence-electron chi connectivity index (χ1n) is 6.81. The molecule has 0 aliphatic rings. The van der Waals surface area contributed by atoms with Crippen LogP contribution in [0, 0.1) is 11.3 Å². The maximum absolute atomic E-state index is 12.2. The molecule has 0 atom stereocenters. The summed E-state index contributed by atoms with van der Waals surface area (Å²) in [7, 11) is 0. The minimum absolute atomic E-state index is 0.0589. The predicted octanol–water partition coefficient (Wildman–Crippen LogP) is 2.82. The molecule has 0 aliphatic carbocycles. The Morgan fingerprint density at radius 2 is 2.08 bits per heavy atom. The van der Waals surface area contributed by atoms with E-state index in [-0.39, 0.29) is 18.0 Å². The molecule has 0 aliphatic heterocycles. The third-order valence-electron chi connectivity index (χ3n) is 2.92. The van der Waals surface area contributed by atoms with Crippen LogP contribution in [-0.4, -0.2) is 23.7 Å². The highest BCUT2D eigenvalue weighted by atomic mass is 19.4. The van der Waals surface area contributed by atoms with Gasteiger partial charge in [-0.3, -0.25) is 4.79 Å². The smallest absolute Gasteiger partial charge is 0.422 e. The van der Waals surface area contributed by atoms with Gasteiger partial charge in [-0.1, -0.05) is 12.1 Å². The highest BCUT2D eigenvalue weighted by Gasteiger charge is 2.29. The Bertz CT molecular complexity index is 770. The van der Waals surface area contributed by atoms with Crippen LogP contribution in [-0.2, 0) is 6.54 Å². The van der Waals surface area contributed by atoms with E-state index < -0.39 is 18.7 Å². The predicted molar refractivity (Wildman–Crippen MR) is 78.1 cm³/mol. The quantitative estimate of drug-likeness (QED) is 0.912. The number of nitriles is 1. The topological polar surface area (TPSA) is 75.0 Å². The van der Waals surface area contributed by atoms with Crippen LogP contribution in [0.1, 0.15) is 21.5 Å². The molecule has 2 aromatic rings. The maximum atomic E-state index is 12.2. The third-order valence-corrected chi connectivity index (χ3v) is 2.92. The van der Waals surface area contributed by atoms with E-state index in [1.165, 1.54) is 30.5 Å². The molecule has 24 heavy (non-hydrogen) atoms. The molecule has 2 rings (SSSR count).